The summed E-state index contributed by atoms with van der Waals surface area (Å²) in [5.74, 6) is 1.13. The molecule has 11 heteroatoms. The number of hydrogen-bond acceptors (Lipinski definition) is 8. The summed E-state index contributed by atoms with van der Waals surface area (Å²) in [4.78, 5) is 28.4. The molecule has 0 atom stereocenters. The van der Waals surface area contributed by atoms with Crippen molar-refractivity contribution < 1.29 is 13.2 Å². The third-order valence-corrected chi connectivity index (χ3v) is 7.89. The molecule has 1 aliphatic rings. The number of hydrogen-bond donors (Lipinski definition) is 2. The Morgan fingerprint density at radius 3 is 2.48 bits per heavy atom. The fourth-order valence-electron chi connectivity index (χ4n) is 3.64. The van der Waals surface area contributed by atoms with Gasteiger partial charge in [0.1, 0.15) is 10.7 Å². The number of carbonyl (C=O) groups excluding carboxylic acids is 1. The molecule has 0 radical (unpaired) electrons. The van der Waals surface area contributed by atoms with Gasteiger partial charge < -0.3 is 0 Å². The number of carbonyl (C=O) groups is 1. The fraction of sp³-hybridized carbons (Fsp3) is 0.273. The second-order valence-electron chi connectivity index (χ2n) is 8.12. The number of sulfonamides is 1. The highest BCUT2D eigenvalue weighted by Crippen LogP contribution is 2.40. The lowest BCUT2D eigenvalue weighted by Crippen LogP contribution is -2.11. The maximum atomic E-state index is 13.0. The normalized spacial score (nSPS) is 13.9. The Hall–Kier alpha value is -2.89. The minimum Gasteiger partial charge on any atom is -0.297 e. The molecule has 3 aromatic heterocycles. The molecule has 4 aromatic rings. The van der Waals surface area contributed by atoms with Gasteiger partial charge in [0.2, 0.25) is 10.0 Å². The van der Waals surface area contributed by atoms with Crippen molar-refractivity contribution in [2.45, 2.75) is 32.6 Å². The average molecular weight is 500 g/mol. The zero-order chi connectivity index (χ0) is 23.3. The summed E-state index contributed by atoms with van der Waals surface area (Å²) in [5, 5.41) is 6.20. The zero-order valence-corrected chi connectivity index (χ0v) is 20.6. The van der Waals surface area contributed by atoms with Crippen LogP contribution in [-0.4, -0.2) is 35.5 Å². The largest absolute Gasteiger partial charge is 0.297 e. The summed E-state index contributed by atoms with van der Waals surface area (Å²) in [6.45, 7) is 3.90. The van der Waals surface area contributed by atoms with Crippen LogP contribution in [0.25, 0.3) is 21.5 Å². The Morgan fingerprint density at radius 1 is 1.09 bits per heavy atom. The van der Waals surface area contributed by atoms with E-state index in [1.165, 1.54) is 22.7 Å². The molecule has 1 amide bonds. The Balaban J connectivity index is 1.35. The van der Waals surface area contributed by atoms with E-state index in [1.807, 2.05) is 19.2 Å². The Bertz CT molecular complexity index is 1490. The number of benzene rings is 1. The number of fused-ring (bicyclic) bond motifs is 1. The monoisotopic (exact) mass is 499 g/mol. The number of amides is 1. The van der Waals surface area contributed by atoms with Gasteiger partial charge in [-0.25, -0.2) is 23.4 Å². The van der Waals surface area contributed by atoms with E-state index in [-0.39, 0.29) is 5.91 Å². The van der Waals surface area contributed by atoms with Crippen molar-refractivity contribution in [3.05, 3.63) is 51.6 Å². The molecule has 1 aliphatic carbocycles. The van der Waals surface area contributed by atoms with Gasteiger partial charge in [0.15, 0.2) is 5.13 Å². The average Bonchev–Trinajstić information content (AvgIpc) is 3.40. The standard InChI is InChI=1S/C22H21N5O3S3/c1-11-17-12(2)23-19(14-4-5-14)25-21(17)32-18(11)20(28)26-22-24-16(10-31-22)13-6-8-15(9-7-13)27-33(3,29)30/h6-10,14,27H,4-5H2,1-3H3,(H,24,26,28). The predicted molar refractivity (Wildman–Crippen MR) is 133 cm³/mol. The number of aryl methyl sites for hydroxylation is 2. The molecule has 5 rings (SSSR count). The number of thiazole rings is 1. The molecule has 0 spiro atoms. The summed E-state index contributed by atoms with van der Waals surface area (Å²) in [7, 11) is -3.33. The van der Waals surface area contributed by atoms with Crippen LogP contribution in [0.4, 0.5) is 10.8 Å². The summed E-state index contributed by atoms with van der Waals surface area (Å²) in [5.41, 5.74) is 3.80. The molecule has 0 bridgehead atoms. The topological polar surface area (TPSA) is 114 Å². The van der Waals surface area contributed by atoms with Gasteiger partial charge in [-0.15, -0.1) is 22.7 Å². The van der Waals surface area contributed by atoms with Crippen LogP contribution in [-0.2, 0) is 10.0 Å². The first-order chi connectivity index (χ1) is 15.7. The van der Waals surface area contributed by atoms with Crippen LogP contribution < -0.4 is 10.0 Å². The van der Waals surface area contributed by atoms with Crippen LogP contribution >= 0.6 is 22.7 Å². The fourth-order valence-corrected chi connectivity index (χ4v) is 6.05. The Morgan fingerprint density at radius 2 is 1.82 bits per heavy atom. The first-order valence-corrected chi connectivity index (χ1v) is 13.9. The molecule has 3 heterocycles. The van der Waals surface area contributed by atoms with Crippen LogP contribution in [0.5, 0.6) is 0 Å². The third-order valence-electron chi connectivity index (χ3n) is 5.35. The first kappa shape index (κ1) is 21.9. The molecule has 1 fully saturated rings. The lowest BCUT2D eigenvalue weighted by molar-refractivity contribution is 0.103. The third kappa shape index (κ3) is 4.61. The number of anilines is 2. The van der Waals surface area contributed by atoms with Crippen molar-refractivity contribution in [1.29, 1.82) is 0 Å². The second kappa shape index (κ2) is 8.15. The quantitative estimate of drug-likeness (QED) is 0.389. The predicted octanol–water partition coefficient (Wildman–Crippen LogP) is 4.93. The molecule has 1 saturated carbocycles. The van der Waals surface area contributed by atoms with E-state index in [1.54, 1.807) is 24.3 Å². The smallest absolute Gasteiger partial charge is 0.267 e. The van der Waals surface area contributed by atoms with Gasteiger partial charge in [-0.05, 0) is 44.4 Å². The highest BCUT2D eigenvalue weighted by Gasteiger charge is 2.28. The van der Waals surface area contributed by atoms with Crippen molar-refractivity contribution in [2.75, 3.05) is 16.3 Å². The summed E-state index contributed by atoms with van der Waals surface area (Å²) < 4.78 is 25.1. The van der Waals surface area contributed by atoms with E-state index in [0.29, 0.717) is 27.3 Å². The van der Waals surface area contributed by atoms with Gasteiger partial charge in [0.25, 0.3) is 5.91 Å². The van der Waals surface area contributed by atoms with Gasteiger partial charge in [0, 0.05) is 27.9 Å². The molecule has 0 unspecified atom stereocenters. The lowest BCUT2D eigenvalue weighted by Gasteiger charge is -2.04. The molecule has 2 N–H and O–H groups in total. The van der Waals surface area contributed by atoms with Crippen molar-refractivity contribution in [3.8, 4) is 11.3 Å². The van der Waals surface area contributed by atoms with Crippen molar-refractivity contribution in [1.82, 2.24) is 15.0 Å². The molecule has 0 saturated heterocycles. The lowest BCUT2D eigenvalue weighted by atomic mass is 10.1. The molecule has 33 heavy (non-hydrogen) atoms. The molecule has 1 aromatic carbocycles. The minimum absolute atomic E-state index is 0.212. The number of thiophene rings is 1. The van der Waals surface area contributed by atoms with Gasteiger partial charge in [-0.1, -0.05) is 12.1 Å². The van der Waals surface area contributed by atoms with E-state index >= 15 is 0 Å². The van der Waals surface area contributed by atoms with E-state index in [0.717, 1.165) is 52.0 Å². The molecule has 170 valence electrons. The van der Waals surface area contributed by atoms with Gasteiger partial charge >= 0.3 is 0 Å². The highest BCUT2D eigenvalue weighted by atomic mass is 32.2. The number of nitrogens with zero attached hydrogens (tertiary/aromatic N) is 3. The molecule has 0 aliphatic heterocycles. The van der Waals surface area contributed by atoms with Gasteiger partial charge in [0.05, 0.1) is 22.5 Å². The van der Waals surface area contributed by atoms with Crippen molar-refractivity contribution in [3.63, 3.8) is 0 Å². The SMILES string of the molecule is Cc1nc(C2CC2)nc2sc(C(=O)Nc3nc(-c4ccc(NS(C)(=O)=O)cc4)cs3)c(C)c12. The summed E-state index contributed by atoms with van der Waals surface area (Å²) >= 11 is 2.73. The number of nitrogens with one attached hydrogen (secondary N) is 2. The van der Waals surface area contributed by atoms with Crippen LogP contribution in [0.15, 0.2) is 29.6 Å². The van der Waals surface area contributed by atoms with Gasteiger partial charge in [-0.3, -0.25) is 14.8 Å². The molecular weight excluding hydrogens is 478 g/mol. The van der Waals surface area contributed by atoms with E-state index in [4.69, 9.17) is 4.98 Å². The van der Waals surface area contributed by atoms with Crippen LogP contribution in [0, 0.1) is 13.8 Å². The van der Waals surface area contributed by atoms with Crippen molar-refractivity contribution >= 4 is 59.6 Å². The molecule has 8 nitrogen and oxygen atoms in total. The summed E-state index contributed by atoms with van der Waals surface area (Å²) in [6.07, 6.45) is 3.37. The minimum atomic E-state index is -3.33. The van der Waals surface area contributed by atoms with Crippen LogP contribution in [0.2, 0.25) is 0 Å². The Kier molecular flexibility index (Phi) is 5.42. The van der Waals surface area contributed by atoms with E-state index < -0.39 is 10.0 Å². The maximum Gasteiger partial charge on any atom is 0.267 e. The van der Waals surface area contributed by atoms with Crippen molar-refractivity contribution in [2.24, 2.45) is 0 Å². The summed E-state index contributed by atoms with van der Waals surface area (Å²) in [6, 6.07) is 6.91. The second-order valence-corrected chi connectivity index (χ2v) is 11.7. The van der Waals surface area contributed by atoms with E-state index in [9.17, 15) is 13.2 Å². The van der Waals surface area contributed by atoms with E-state index in [2.05, 4.69) is 20.0 Å². The number of aromatic nitrogens is 3. The zero-order valence-electron chi connectivity index (χ0n) is 18.2. The van der Waals surface area contributed by atoms with Crippen LogP contribution in [0.3, 0.4) is 0 Å². The Labute approximate surface area is 199 Å². The number of rotatable bonds is 6. The molecular formula is C22H21N5O3S3. The highest BCUT2D eigenvalue weighted by molar-refractivity contribution is 7.92. The van der Waals surface area contributed by atoms with Crippen LogP contribution in [0.1, 0.15) is 45.5 Å². The first-order valence-electron chi connectivity index (χ1n) is 10.3. The maximum absolute atomic E-state index is 13.0. The van der Waals surface area contributed by atoms with Gasteiger partial charge in [-0.2, -0.15) is 0 Å².